The van der Waals surface area contributed by atoms with Crippen molar-refractivity contribution in [3.05, 3.63) is 70.5 Å². The Morgan fingerprint density at radius 1 is 1.28 bits per heavy atom. The molecule has 1 fully saturated rings. The minimum atomic E-state index is -0.256. The van der Waals surface area contributed by atoms with Crippen molar-refractivity contribution < 1.29 is 9.18 Å². The molecule has 132 valence electrons. The molecule has 0 radical (unpaired) electrons. The van der Waals surface area contributed by atoms with Crippen molar-refractivity contribution in [2.75, 3.05) is 26.2 Å². The van der Waals surface area contributed by atoms with Crippen LogP contribution in [0.4, 0.5) is 4.39 Å². The number of piperazine rings is 1. The van der Waals surface area contributed by atoms with Gasteiger partial charge in [-0.1, -0.05) is 35.9 Å². The molecule has 25 heavy (non-hydrogen) atoms. The van der Waals surface area contributed by atoms with E-state index in [1.807, 2.05) is 24.3 Å². The molecule has 2 aromatic rings. The molecule has 0 aromatic heterocycles. The van der Waals surface area contributed by atoms with Crippen molar-refractivity contribution in [3.8, 4) is 0 Å². The zero-order chi connectivity index (χ0) is 17.6. The molecule has 1 unspecified atom stereocenters. The molecule has 1 atom stereocenters. The number of hydrogen-bond donors (Lipinski definition) is 2. The lowest BCUT2D eigenvalue weighted by Gasteiger charge is -2.36. The molecule has 0 spiro atoms. The van der Waals surface area contributed by atoms with Crippen LogP contribution in [0.15, 0.2) is 48.5 Å². The van der Waals surface area contributed by atoms with Gasteiger partial charge in [-0.2, -0.15) is 0 Å². The Labute approximate surface area is 152 Å². The summed E-state index contributed by atoms with van der Waals surface area (Å²) in [5, 5.41) is 6.89. The molecule has 0 bridgehead atoms. The van der Waals surface area contributed by atoms with Crippen LogP contribution in [-0.4, -0.2) is 37.0 Å². The van der Waals surface area contributed by atoms with Crippen LogP contribution >= 0.6 is 11.6 Å². The van der Waals surface area contributed by atoms with E-state index >= 15 is 0 Å². The van der Waals surface area contributed by atoms with Gasteiger partial charge in [-0.25, -0.2) is 4.39 Å². The number of nitrogens with zero attached hydrogens (tertiary/aromatic N) is 1. The topological polar surface area (TPSA) is 44.4 Å². The Balaban J connectivity index is 1.60. The van der Waals surface area contributed by atoms with Gasteiger partial charge in [-0.3, -0.25) is 9.69 Å². The van der Waals surface area contributed by atoms with E-state index in [1.165, 1.54) is 12.1 Å². The second-order valence-corrected chi connectivity index (χ2v) is 6.59. The van der Waals surface area contributed by atoms with E-state index in [1.54, 1.807) is 12.1 Å². The van der Waals surface area contributed by atoms with Gasteiger partial charge >= 0.3 is 0 Å². The van der Waals surface area contributed by atoms with E-state index in [4.69, 9.17) is 11.6 Å². The Morgan fingerprint density at radius 3 is 2.92 bits per heavy atom. The predicted molar refractivity (Wildman–Crippen MR) is 96.9 cm³/mol. The Morgan fingerprint density at radius 2 is 2.12 bits per heavy atom. The molecule has 2 N–H and O–H groups in total. The standard InChI is InChI=1S/C19H21ClFN3O/c20-16-5-1-3-14(9-16)11-23-19(25)13-24-8-7-22-12-18(24)15-4-2-6-17(21)10-15/h1-6,9-10,18,22H,7-8,11-13H2,(H,23,25). The van der Waals surface area contributed by atoms with Crippen LogP contribution < -0.4 is 10.6 Å². The smallest absolute Gasteiger partial charge is 0.234 e. The predicted octanol–water partition coefficient (Wildman–Crippen LogP) is 2.74. The minimum absolute atomic E-state index is 0.0126. The third-order valence-electron chi connectivity index (χ3n) is 4.31. The van der Waals surface area contributed by atoms with Gasteiger partial charge in [-0.15, -0.1) is 0 Å². The average molecular weight is 362 g/mol. The molecule has 2 aromatic carbocycles. The van der Waals surface area contributed by atoms with Gasteiger partial charge < -0.3 is 10.6 Å². The molecule has 6 heteroatoms. The molecule has 3 rings (SSSR count). The third kappa shape index (κ3) is 5.01. The van der Waals surface area contributed by atoms with Crippen LogP contribution in [0.1, 0.15) is 17.2 Å². The van der Waals surface area contributed by atoms with Crippen LogP contribution in [0.2, 0.25) is 5.02 Å². The molecule has 0 aliphatic carbocycles. The summed E-state index contributed by atoms with van der Waals surface area (Å²) in [6.07, 6.45) is 0. The maximum absolute atomic E-state index is 13.5. The van der Waals surface area contributed by atoms with Crippen LogP contribution in [0.3, 0.4) is 0 Å². The maximum atomic E-state index is 13.5. The number of rotatable bonds is 5. The molecule has 1 aliphatic rings. The Kier molecular flexibility index (Phi) is 6.02. The third-order valence-corrected chi connectivity index (χ3v) is 4.55. The number of carbonyl (C=O) groups is 1. The molecule has 4 nitrogen and oxygen atoms in total. The summed E-state index contributed by atoms with van der Waals surface area (Å²) in [4.78, 5) is 14.4. The van der Waals surface area contributed by atoms with E-state index in [-0.39, 0.29) is 24.3 Å². The van der Waals surface area contributed by atoms with Gasteiger partial charge in [-0.05, 0) is 35.4 Å². The molecule has 1 heterocycles. The Bertz CT molecular complexity index is 740. The van der Waals surface area contributed by atoms with Gasteiger partial charge in [0.2, 0.25) is 5.91 Å². The maximum Gasteiger partial charge on any atom is 0.234 e. The van der Waals surface area contributed by atoms with Gasteiger partial charge in [0.1, 0.15) is 5.82 Å². The highest BCUT2D eigenvalue weighted by Crippen LogP contribution is 2.22. The molecule has 0 saturated carbocycles. The van der Waals surface area contributed by atoms with Crippen molar-refractivity contribution in [1.29, 1.82) is 0 Å². The summed E-state index contributed by atoms with van der Waals surface area (Å²) in [6, 6.07) is 14.0. The fourth-order valence-electron chi connectivity index (χ4n) is 3.07. The van der Waals surface area contributed by atoms with Crippen LogP contribution in [0.25, 0.3) is 0 Å². The van der Waals surface area contributed by atoms with Gasteiger partial charge in [0.05, 0.1) is 6.54 Å². The van der Waals surface area contributed by atoms with E-state index in [0.717, 1.165) is 24.2 Å². The summed E-state index contributed by atoms with van der Waals surface area (Å²) in [6.45, 7) is 2.98. The lowest BCUT2D eigenvalue weighted by atomic mass is 10.0. The summed E-state index contributed by atoms with van der Waals surface area (Å²) >= 11 is 5.96. The van der Waals surface area contributed by atoms with Gasteiger partial charge in [0.25, 0.3) is 0 Å². The van der Waals surface area contributed by atoms with Crippen LogP contribution in [0, 0.1) is 5.82 Å². The van der Waals surface area contributed by atoms with E-state index in [9.17, 15) is 9.18 Å². The second-order valence-electron chi connectivity index (χ2n) is 6.15. The molecule has 1 amide bonds. The summed E-state index contributed by atoms with van der Waals surface area (Å²) in [5.41, 5.74) is 1.85. The van der Waals surface area contributed by atoms with Crippen molar-refractivity contribution in [1.82, 2.24) is 15.5 Å². The van der Waals surface area contributed by atoms with Crippen molar-refractivity contribution >= 4 is 17.5 Å². The zero-order valence-electron chi connectivity index (χ0n) is 13.8. The fraction of sp³-hybridized carbons (Fsp3) is 0.316. The molecule has 1 aliphatic heterocycles. The number of carbonyl (C=O) groups excluding carboxylic acids is 1. The first-order valence-corrected chi connectivity index (χ1v) is 8.71. The number of nitrogens with one attached hydrogen (secondary N) is 2. The zero-order valence-corrected chi connectivity index (χ0v) is 14.6. The summed E-state index contributed by atoms with van der Waals surface area (Å²) < 4.78 is 13.5. The van der Waals surface area contributed by atoms with Crippen LogP contribution in [0.5, 0.6) is 0 Å². The largest absolute Gasteiger partial charge is 0.351 e. The first-order valence-electron chi connectivity index (χ1n) is 8.33. The average Bonchev–Trinajstić information content (AvgIpc) is 2.60. The van der Waals surface area contributed by atoms with Gasteiger partial charge in [0.15, 0.2) is 0 Å². The number of halogens is 2. The second kappa shape index (κ2) is 8.43. The highest BCUT2D eigenvalue weighted by atomic mass is 35.5. The van der Waals surface area contributed by atoms with E-state index < -0.39 is 0 Å². The van der Waals surface area contributed by atoms with E-state index in [2.05, 4.69) is 15.5 Å². The lowest BCUT2D eigenvalue weighted by molar-refractivity contribution is -0.123. The fourth-order valence-corrected chi connectivity index (χ4v) is 3.28. The lowest BCUT2D eigenvalue weighted by Crippen LogP contribution is -2.49. The van der Waals surface area contributed by atoms with Crippen molar-refractivity contribution in [2.24, 2.45) is 0 Å². The highest BCUT2D eigenvalue weighted by Gasteiger charge is 2.25. The van der Waals surface area contributed by atoms with Gasteiger partial charge in [0, 0.05) is 37.2 Å². The monoisotopic (exact) mass is 361 g/mol. The number of hydrogen-bond acceptors (Lipinski definition) is 3. The van der Waals surface area contributed by atoms with Crippen molar-refractivity contribution in [3.63, 3.8) is 0 Å². The Hall–Kier alpha value is -1.95. The highest BCUT2D eigenvalue weighted by molar-refractivity contribution is 6.30. The molecular formula is C19H21ClFN3O. The van der Waals surface area contributed by atoms with Crippen LogP contribution in [-0.2, 0) is 11.3 Å². The van der Waals surface area contributed by atoms with Crippen molar-refractivity contribution in [2.45, 2.75) is 12.6 Å². The first-order chi connectivity index (χ1) is 12.1. The number of amides is 1. The van der Waals surface area contributed by atoms with E-state index in [0.29, 0.717) is 18.1 Å². The normalized spacial score (nSPS) is 18.1. The number of benzene rings is 2. The molecular weight excluding hydrogens is 341 g/mol. The quantitative estimate of drug-likeness (QED) is 0.860. The molecule has 1 saturated heterocycles. The summed E-state index contributed by atoms with van der Waals surface area (Å²) in [5.74, 6) is -0.309. The first kappa shape index (κ1) is 17.9. The summed E-state index contributed by atoms with van der Waals surface area (Å²) in [7, 11) is 0. The minimum Gasteiger partial charge on any atom is -0.351 e. The SMILES string of the molecule is O=C(CN1CCNCC1c1cccc(F)c1)NCc1cccc(Cl)c1.